The SMILES string of the molecule is C#CCCOc1cc(NC(=O)c2ccc(-c3ccc(C(=O)Nc4ccc([N+](C)(C)C)c(F)c4)cc3)cc2)ccc1[N+](C)(C)C. The number of carbonyl (C=O) groups is 2. The Morgan fingerprint density at radius 3 is 1.59 bits per heavy atom. The molecule has 4 aromatic carbocycles. The van der Waals surface area contributed by atoms with Gasteiger partial charge in [-0.2, -0.15) is 0 Å². The van der Waals surface area contributed by atoms with E-state index in [0.29, 0.717) is 55.9 Å². The molecule has 0 heterocycles. The number of amides is 2. The molecule has 0 aliphatic heterocycles. The van der Waals surface area contributed by atoms with Crippen molar-refractivity contribution in [2.45, 2.75) is 6.42 Å². The van der Waals surface area contributed by atoms with Gasteiger partial charge in [0.2, 0.25) is 0 Å². The minimum absolute atomic E-state index is 0.248. The molecule has 0 unspecified atom stereocenters. The summed E-state index contributed by atoms with van der Waals surface area (Å²) in [6, 6.07) is 24.6. The van der Waals surface area contributed by atoms with E-state index in [2.05, 4.69) is 16.6 Å². The third-order valence-electron chi connectivity index (χ3n) is 7.00. The van der Waals surface area contributed by atoms with Crippen LogP contribution in [0.1, 0.15) is 27.1 Å². The van der Waals surface area contributed by atoms with E-state index in [0.717, 1.165) is 16.8 Å². The number of nitrogens with zero attached hydrogens (tertiary/aromatic N) is 2. The molecule has 0 bridgehead atoms. The number of quaternary nitrogens is 2. The Morgan fingerprint density at radius 2 is 1.16 bits per heavy atom. The van der Waals surface area contributed by atoms with E-state index in [1.807, 2.05) is 84.8 Å². The molecule has 0 aliphatic rings. The number of hydrogen-bond donors (Lipinski definition) is 2. The Hall–Kier alpha value is -4.97. The lowest BCUT2D eigenvalue weighted by Gasteiger charge is -2.26. The maximum absolute atomic E-state index is 14.5. The maximum atomic E-state index is 14.5. The van der Waals surface area contributed by atoms with Crippen molar-refractivity contribution in [2.75, 3.05) is 59.5 Å². The molecule has 0 fully saturated rings. The molecule has 4 rings (SSSR count). The van der Waals surface area contributed by atoms with Crippen LogP contribution >= 0.6 is 0 Å². The summed E-state index contributed by atoms with van der Waals surface area (Å²) in [5, 5.41) is 5.70. The lowest BCUT2D eigenvalue weighted by Crippen LogP contribution is -2.35. The second-order valence-corrected chi connectivity index (χ2v) is 12.2. The van der Waals surface area contributed by atoms with Crippen molar-refractivity contribution >= 4 is 34.6 Å². The third-order valence-corrected chi connectivity index (χ3v) is 7.00. The van der Waals surface area contributed by atoms with E-state index in [1.165, 1.54) is 6.07 Å². The van der Waals surface area contributed by atoms with Gasteiger partial charge in [0, 0.05) is 53.2 Å². The van der Waals surface area contributed by atoms with Crippen molar-refractivity contribution in [3.8, 4) is 29.2 Å². The molecule has 2 N–H and O–H groups in total. The molecule has 7 nitrogen and oxygen atoms in total. The number of anilines is 2. The van der Waals surface area contributed by atoms with Crippen LogP contribution in [0.4, 0.5) is 27.1 Å². The van der Waals surface area contributed by atoms with Crippen LogP contribution in [0, 0.1) is 18.2 Å². The average Bonchev–Trinajstić information content (AvgIpc) is 2.96. The molecule has 0 atom stereocenters. The van der Waals surface area contributed by atoms with Gasteiger partial charge in [-0.3, -0.25) is 18.6 Å². The normalized spacial score (nSPS) is 11.4. The number of benzene rings is 4. The summed E-state index contributed by atoms with van der Waals surface area (Å²) in [6.45, 7) is 0.388. The quantitative estimate of drug-likeness (QED) is 0.121. The van der Waals surface area contributed by atoms with E-state index in [1.54, 1.807) is 36.4 Å². The Labute approximate surface area is 259 Å². The van der Waals surface area contributed by atoms with Gasteiger partial charge in [0.25, 0.3) is 11.8 Å². The summed E-state index contributed by atoms with van der Waals surface area (Å²) >= 11 is 0. The molecular weight excluding hydrogens is 555 g/mol. The second kappa shape index (κ2) is 13.1. The highest BCUT2D eigenvalue weighted by atomic mass is 19.1. The predicted molar refractivity (Wildman–Crippen MR) is 179 cm³/mol. The zero-order valence-corrected chi connectivity index (χ0v) is 26.1. The van der Waals surface area contributed by atoms with Crippen LogP contribution in [-0.4, -0.2) is 60.7 Å². The third kappa shape index (κ3) is 7.90. The van der Waals surface area contributed by atoms with E-state index in [-0.39, 0.29) is 17.6 Å². The van der Waals surface area contributed by atoms with Crippen molar-refractivity contribution in [3.63, 3.8) is 0 Å². The highest BCUT2D eigenvalue weighted by Gasteiger charge is 2.21. The van der Waals surface area contributed by atoms with Gasteiger partial charge in [0.05, 0.1) is 48.9 Å². The van der Waals surface area contributed by atoms with Crippen LogP contribution in [0.3, 0.4) is 0 Å². The highest BCUT2D eigenvalue weighted by molar-refractivity contribution is 6.05. The van der Waals surface area contributed by atoms with Crippen LogP contribution in [-0.2, 0) is 0 Å². The minimum atomic E-state index is -0.379. The Balaban J connectivity index is 1.41. The summed E-state index contributed by atoms with van der Waals surface area (Å²) in [4.78, 5) is 25.8. The van der Waals surface area contributed by atoms with Crippen LogP contribution < -0.4 is 24.3 Å². The van der Waals surface area contributed by atoms with E-state index < -0.39 is 0 Å². The maximum Gasteiger partial charge on any atom is 0.255 e. The predicted octanol–water partition coefficient (Wildman–Crippen LogP) is 6.79. The number of carbonyl (C=O) groups excluding carboxylic acids is 2. The van der Waals surface area contributed by atoms with Gasteiger partial charge in [0.1, 0.15) is 0 Å². The molecule has 4 aromatic rings. The fraction of sp³-hybridized carbons (Fsp3) is 0.222. The number of halogens is 1. The fourth-order valence-electron chi connectivity index (χ4n) is 4.64. The smallest absolute Gasteiger partial charge is 0.255 e. The molecule has 226 valence electrons. The van der Waals surface area contributed by atoms with Crippen molar-refractivity contribution in [3.05, 3.63) is 102 Å². The summed E-state index contributed by atoms with van der Waals surface area (Å²) in [6.07, 6.45) is 5.86. The van der Waals surface area contributed by atoms with Gasteiger partial charge in [-0.1, -0.05) is 24.3 Å². The van der Waals surface area contributed by atoms with Crippen molar-refractivity contribution < 1.29 is 18.7 Å². The van der Waals surface area contributed by atoms with Crippen molar-refractivity contribution in [1.29, 1.82) is 0 Å². The molecule has 0 aromatic heterocycles. The van der Waals surface area contributed by atoms with E-state index in [9.17, 15) is 14.0 Å². The molecule has 0 radical (unpaired) electrons. The lowest BCUT2D eigenvalue weighted by molar-refractivity contribution is 0.101. The van der Waals surface area contributed by atoms with Crippen LogP contribution in [0.15, 0.2) is 84.9 Å². The van der Waals surface area contributed by atoms with Gasteiger partial charge in [-0.15, -0.1) is 12.3 Å². The molecule has 0 spiro atoms. The van der Waals surface area contributed by atoms with Crippen LogP contribution in [0.2, 0.25) is 0 Å². The van der Waals surface area contributed by atoms with Crippen molar-refractivity contribution in [2.24, 2.45) is 0 Å². The van der Waals surface area contributed by atoms with Gasteiger partial charge in [-0.05, 0) is 47.5 Å². The lowest BCUT2D eigenvalue weighted by atomic mass is 10.0. The standard InChI is InChI=1S/C36H37FN4O3/c1-8-9-22-44-34-24-30(19-21-33(34)41(5,6)7)39-36(43)28-16-12-26(13-17-28)25-10-14-27(15-11-25)35(42)38-29-18-20-32(31(37)23-29)40(2,3)4/h1,10-21,23-24H,9,22H2,2-7H3/p+2. The average molecular weight is 595 g/mol. The molecular formula is C36H39FN4O3+2. The summed E-state index contributed by atoms with van der Waals surface area (Å²) in [7, 11) is 11.8. The first-order valence-electron chi connectivity index (χ1n) is 14.2. The Morgan fingerprint density at radius 1 is 0.705 bits per heavy atom. The molecule has 0 saturated carbocycles. The van der Waals surface area contributed by atoms with Gasteiger partial charge >= 0.3 is 0 Å². The summed E-state index contributed by atoms with van der Waals surface area (Å²) in [5.41, 5.74) is 5.22. The molecule has 0 saturated heterocycles. The van der Waals surface area contributed by atoms with Crippen molar-refractivity contribution in [1.82, 2.24) is 8.97 Å². The highest BCUT2D eigenvalue weighted by Crippen LogP contribution is 2.33. The fourth-order valence-corrected chi connectivity index (χ4v) is 4.64. The number of terminal acetylenes is 1. The number of nitrogens with one attached hydrogen (secondary N) is 2. The summed E-state index contributed by atoms with van der Waals surface area (Å²) < 4.78 is 21.4. The Kier molecular flexibility index (Phi) is 9.53. The van der Waals surface area contributed by atoms with Gasteiger partial charge < -0.3 is 15.4 Å². The first kappa shape index (κ1) is 32.0. The summed E-state index contributed by atoms with van der Waals surface area (Å²) in [5.74, 6) is 2.28. The van der Waals surface area contributed by atoms with E-state index >= 15 is 0 Å². The number of hydrogen-bond acceptors (Lipinski definition) is 3. The first-order valence-corrected chi connectivity index (χ1v) is 14.2. The van der Waals surface area contributed by atoms with Crippen LogP contribution in [0.5, 0.6) is 5.75 Å². The number of rotatable bonds is 10. The first-order chi connectivity index (χ1) is 20.8. The van der Waals surface area contributed by atoms with Gasteiger partial charge in [-0.25, -0.2) is 4.39 Å². The second-order valence-electron chi connectivity index (χ2n) is 12.2. The van der Waals surface area contributed by atoms with E-state index in [4.69, 9.17) is 11.2 Å². The Bertz CT molecular complexity index is 1690. The molecule has 2 amide bonds. The largest absolute Gasteiger partial charge is 0.486 e. The zero-order chi connectivity index (χ0) is 32.1. The van der Waals surface area contributed by atoms with Crippen LogP contribution in [0.25, 0.3) is 11.1 Å². The van der Waals surface area contributed by atoms with Gasteiger partial charge in [0.15, 0.2) is 22.9 Å². The zero-order valence-electron chi connectivity index (χ0n) is 26.1. The topological polar surface area (TPSA) is 67.4 Å². The number of ether oxygens (including phenoxy) is 1. The molecule has 0 aliphatic carbocycles. The molecule has 8 heteroatoms. The molecule has 44 heavy (non-hydrogen) atoms. The monoisotopic (exact) mass is 594 g/mol. The minimum Gasteiger partial charge on any atom is -0.486 e.